The molecule has 0 aliphatic carbocycles. The molecular weight excluding hydrogens is 286 g/mol. The van der Waals surface area contributed by atoms with Crippen molar-refractivity contribution in [2.45, 2.75) is 37.3 Å². The van der Waals surface area contributed by atoms with E-state index in [-0.39, 0.29) is 4.75 Å². The highest BCUT2D eigenvalue weighted by molar-refractivity contribution is 8.00. The second-order valence-corrected chi connectivity index (χ2v) is 6.82. The van der Waals surface area contributed by atoms with Crippen molar-refractivity contribution in [3.8, 4) is 0 Å². The van der Waals surface area contributed by atoms with Gasteiger partial charge in [-0.15, -0.1) is 11.8 Å². The lowest BCUT2D eigenvalue weighted by molar-refractivity contribution is 0.782. The van der Waals surface area contributed by atoms with Gasteiger partial charge in [0.05, 0.1) is 0 Å². The molecule has 2 aromatic rings. The van der Waals surface area contributed by atoms with Gasteiger partial charge in [0.25, 0.3) is 0 Å². The Kier molecular flexibility index (Phi) is 6.44. The van der Waals surface area contributed by atoms with Crippen molar-refractivity contribution in [2.75, 3.05) is 5.73 Å². The smallest absolute Gasteiger partial charge is 0.0406 e. The predicted octanol–water partition coefficient (Wildman–Crippen LogP) is 5.98. The highest BCUT2D eigenvalue weighted by Gasteiger charge is 2.21. The molecular formula is C17H22ClNS. The summed E-state index contributed by atoms with van der Waals surface area (Å²) in [6.45, 7) is 8.41. The number of rotatable bonds is 3. The molecule has 0 fully saturated rings. The molecule has 0 bridgehead atoms. The molecule has 108 valence electrons. The first kappa shape index (κ1) is 16.9. The van der Waals surface area contributed by atoms with Crippen LogP contribution < -0.4 is 5.73 Å². The number of anilines is 1. The van der Waals surface area contributed by atoms with E-state index in [4.69, 9.17) is 17.3 Å². The molecule has 0 atom stereocenters. The van der Waals surface area contributed by atoms with Crippen LogP contribution in [0.15, 0.2) is 53.4 Å². The van der Waals surface area contributed by atoms with Gasteiger partial charge in [0.1, 0.15) is 0 Å². The summed E-state index contributed by atoms with van der Waals surface area (Å²) in [6.07, 6.45) is 0. The SMILES string of the molecule is CC.CC(C)(Sc1ccc(Cl)cc1)c1ccc(N)cc1. The van der Waals surface area contributed by atoms with Gasteiger partial charge >= 0.3 is 0 Å². The minimum Gasteiger partial charge on any atom is -0.399 e. The van der Waals surface area contributed by atoms with Crippen molar-refractivity contribution in [2.24, 2.45) is 0 Å². The molecule has 2 rings (SSSR count). The quantitative estimate of drug-likeness (QED) is 0.558. The minimum absolute atomic E-state index is 0.00152. The lowest BCUT2D eigenvalue weighted by Crippen LogP contribution is -2.11. The number of nitrogens with two attached hydrogens (primary N) is 1. The van der Waals surface area contributed by atoms with Gasteiger partial charge in [0, 0.05) is 20.4 Å². The van der Waals surface area contributed by atoms with E-state index < -0.39 is 0 Å². The first-order valence-corrected chi connectivity index (χ1v) is 7.97. The van der Waals surface area contributed by atoms with Crippen molar-refractivity contribution in [3.05, 3.63) is 59.1 Å². The van der Waals surface area contributed by atoms with Gasteiger partial charge in [0.15, 0.2) is 0 Å². The van der Waals surface area contributed by atoms with Gasteiger partial charge in [-0.05, 0) is 55.8 Å². The summed E-state index contributed by atoms with van der Waals surface area (Å²) < 4.78 is 0.00152. The summed E-state index contributed by atoms with van der Waals surface area (Å²) in [4.78, 5) is 1.21. The molecule has 1 nitrogen and oxygen atoms in total. The van der Waals surface area contributed by atoms with E-state index in [2.05, 4.69) is 26.0 Å². The molecule has 0 aliphatic heterocycles. The van der Waals surface area contributed by atoms with Crippen molar-refractivity contribution in [3.63, 3.8) is 0 Å². The fourth-order valence-electron chi connectivity index (χ4n) is 1.74. The van der Waals surface area contributed by atoms with E-state index in [1.54, 1.807) is 0 Å². The van der Waals surface area contributed by atoms with Gasteiger partial charge in [-0.25, -0.2) is 0 Å². The Labute approximate surface area is 131 Å². The molecule has 0 aliphatic rings. The van der Waals surface area contributed by atoms with Gasteiger partial charge in [0.2, 0.25) is 0 Å². The highest BCUT2D eigenvalue weighted by Crippen LogP contribution is 2.41. The van der Waals surface area contributed by atoms with Gasteiger partial charge in [-0.1, -0.05) is 37.6 Å². The Hall–Kier alpha value is -1.12. The Morgan fingerprint density at radius 1 is 0.900 bits per heavy atom. The molecule has 0 radical (unpaired) electrons. The zero-order valence-electron chi connectivity index (χ0n) is 12.5. The molecule has 0 saturated carbocycles. The standard InChI is InChI=1S/C15H16ClNS.C2H6/c1-15(2,11-3-7-13(17)8-4-11)18-14-9-5-12(16)6-10-14;1-2/h3-10H,17H2,1-2H3;1-2H3. The zero-order valence-corrected chi connectivity index (χ0v) is 14.1. The summed E-state index contributed by atoms with van der Waals surface area (Å²) in [5, 5.41) is 0.768. The molecule has 2 aromatic carbocycles. The van der Waals surface area contributed by atoms with Crippen LogP contribution in [0.2, 0.25) is 5.02 Å². The van der Waals surface area contributed by atoms with Crippen molar-refractivity contribution >= 4 is 29.1 Å². The van der Waals surface area contributed by atoms with Crippen LogP contribution in [-0.2, 0) is 4.75 Å². The fraction of sp³-hybridized carbons (Fsp3) is 0.294. The maximum absolute atomic E-state index is 5.89. The summed E-state index contributed by atoms with van der Waals surface area (Å²) in [5.41, 5.74) is 7.78. The highest BCUT2D eigenvalue weighted by atomic mass is 35.5. The predicted molar refractivity (Wildman–Crippen MR) is 92.5 cm³/mol. The largest absolute Gasteiger partial charge is 0.399 e. The van der Waals surface area contributed by atoms with E-state index >= 15 is 0 Å². The summed E-state index contributed by atoms with van der Waals surface area (Å²) >= 11 is 7.71. The lowest BCUT2D eigenvalue weighted by Gasteiger charge is -2.25. The molecule has 0 spiro atoms. The van der Waals surface area contributed by atoms with E-state index in [0.29, 0.717) is 0 Å². The fourth-order valence-corrected chi connectivity index (χ4v) is 2.98. The first-order chi connectivity index (χ1) is 9.47. The molecule has 2 N–H and O–H groups in total. The molecule has 0 amide bonds. The van der Waals surface area contributed by atoms with Gasteiger partial charge in [-0.2, -0.15) is 0 Å². The van der Waals surface area contributed by atoms with Crippen LogP contribution in [0, 0.1) is 0 Å². The molecule has 0 saturated heterocycles. The molecule has 3 heteroatoms. The molecule has 0 aromatic heterocycles. The average molecular weight is 308 g/mol. The third-order valence-electron chi connectivity index (χ3n) is 2.79. The molecule has 0 heterocycles. The first-order valence-electron chi connectivity index (χ1n) is 6.78. The number of benzene rings is 2. The Bertz CT molecular complexity index is 518. The third-order valence-corrected chi connectivity index (χ3v) is 4.30. The Balaban J connectivity index is 0.000000956. The summed E-state index contributed by atoms with van der Waals surface area (Å²) in [6, 6.07) is 16.0. The number of halogens is 1. The zero-order chi connectivity index (χ0) is 15.2. The van der Waals surface area contributed by atoms with Crippen LogP contribution in [0.25, 0.3) is 0 Å². The summed E-state index contributed by atoms with van der Waals surface area (Å²) in [7, 11) is 0. The van der Waals surface area contributed by atoms with E-state index in [1.165, 1.54) is 10.5 Å². The van der Waals surface area contributed by atoms with Crippen molar-refractivity contribution < 1.29 is 0 Å². The van der Waals surface area contributed by atoms with Crippen LogP contribution in [0.3, 0.4) is 0 Å². The van der Waals surface area contributed by atoms with Crippen LogP contribution >= 0.6 is 23.4 Å². The number of hydrogen-bond donors (Lipinski definition) is 1. The third kappa shape index (κ3) is 4.77. The molecule has 20 heavy (non-hydrogen) atoms. The average Bonchev–Trinajstić information content (AvgIpc) is 2.44. The maximum atomic E-state index is 5.89. The van der Waals surface area contributed by atoms with Gasteiger partial charge < -0.3 is 5.73 Å². The van der Waals surface area contributed by atoms with Crippen LogP contribution in [0.4, 0.5) is 5.69 Å². The number of nitrogen functional groups attached to an aromatic ring is 1. The maximum Gasteiger partial charge on any atom is 0.0406 e. The number of hydrogen-bond acceptors (Lipinski definition) is 2. The van der Waals surface area contributed by atoms with Crippen LogP contribution in [-0.4, -0.2) is 0 Å². The molecule has 0 unspecified atom stereocenters. The van der Waals surface area contributed by atoms with Gasteiger partial charge in [-0.3, -0.25) is 0 Å². The van der Waals surface area contributed by atoms with Crippen molar-refractivity contribution in [1.82, 2.24) is 0 Å². The van der Waals surface area contributed by atoms with E-state index in [1.807, 2.05) is 62.0 Å². The normalized spacial score (nSPS) is 10.7. The Morgan fingerprint density at radius 3 is 1.90 bits per heavy atom. The Morgan fingerprint density at radius 2 is 1.40 bits per heavy atom. The monoisotopic (exact) mass is 307 g/mol. The van der Waals surface area contributed by atoms with Crippen molar-refractivity contribution in [1.29, 1.82) is 0 Å². The second-order valence-electron chi connectivity index (χ2n) is 4.69. The lowest BCUT2D eigenvalue weighted by atomic mass is 10.0. The van der Waals surface area contributed by atoms with Crippen LogP contribution in [0.1, 0.15) is 33.3 Å². The minimum atomic E-state index is 0.00152. The topological polar surface area (TPSA) is 26.0 Å². The van der Waals surface area contributed by atoms with E-state index in [0.717, 1.165) is 10.7 Å². The summed E-state index contributed by atoms with van der Waals surface area (Å²) in [5.74, 6) is 0. The number of thioether (sulfide) groups is 1. The van der Waals surface area contributed by atoms with Crippen LogP contribution in [0.5, 0.6) is 0 Å². The van der Waals surface area contributed by atoms with E-state index in [9.17, 15) is 0 Å². The second kappa shape index (κ2) is 7.61.